The summed E-state index contributed by atoms with van der Waals surface area (Å²) in [5.41, 5.74) is 0. The zero-order valence-electron chi connectivity index (χ0n) is 29.7. The standard InChI is InChI=1S/C38H75NO4/c1-6-9-12-14-16-17-18-19-21-23-26-31-36(43-37(40)32-27-28-33-39(4)5)34-42-38(41)35(29-24-11-8-3)30-25-22-20-15-13-10-7-2/h35-36H,6-34H2,1-5H3. The fourth-order valence-corrected chi connectivity index (χ4v) is 5.82. The van der Waals surface area contributed by atoms with Crippen LogP contribution in [-0.2, 0) is 19.1 Å². The molecule has 0 aliphatic carbocycles. The predicted molar refractivity (Wildman–Crippen MR) is 185 cm³/mol. The van der Waals surface area contributed by atoms with Gasteiger partial charge in [0.05, 0.1) is 5.92 Å². The van der Waals surface area contributed by atoms with Crippen molar-refractivity contribution < 1.29 is 19.1 Å². The Bertz CT molecular complexity index is 609. The second kappa shape index (κ2) is 32.3. The second-order valence-electron chi connectivity index (χ2n) is 13.4. The normalized spacial score (nSPS) is 12.9. The van der Waals surface area contributed by atoms with E-state index in [-0.39, 0.29) is 30.6 Å². The number of hydrogen-bond acceptors (Lipinski definition) is 5. The van der Waals surface area contributed by atoms with Crippen LogP contribution in [0.2, 0.25) is 0 Å². The molecule has 43 heavy (non-hydrogen) atoms. The molecule has 256 valence electrons. The summed E-state index contributed by atoms with van der Waals surface area (Å²) in [6.45, 7) is 7.91. The van der Waals surface area contributed by atoms with E-state index in [1.807, 2.05) is 0 Å². The summed E-state index contributed by atoms with van der Waals surface area (Å²) in [4.78, 5) is 28.0. The molecule has 0 heterocycles. The van der Waals surface area contributed by atoms with Crippen LogP contribution in [0.5, 0.6) is 0 Å². The van der Waals surface area contributed by atoms with Gasteiger partial charge in [-0.3, -0.25) is 9.59 Å². The fraction of sp³-hybridized carbons (Fsp3) is 0.947. The van der Waals surface area contributed by atoms with Gasteiger partial charge in [0.1, 0.15) is 12.7 Å². The summed E-state index contributed by atoms with van der Waals surface area (Å²) in [5, 5.41) is 0. The van der Waals surface area contributed by atoms with Gasteiger partial charge in [0.15, 0.2) is 0 Å². The molecule has 0 bridgehead atoms. The van der Waals surface area contributed by atoms with E-state index in [0.717, 1.165) is 77.2 Å². The van der Waals surface area contributed by atoms with Gasteiger partial charge in [0, 0.05) is 6.42 Å². The molecule has 0 saturated heterocycles. The molecule has 0 saturated carbocycles. The first-order chi connectivity index (χ1) is 20.9. The van der Waals surface area contributed by atoms with Crippen molar-refractivity contribution in [1.29, 1.82) is 0 Å². The summed E-state index contributed by atoms with van der Waals surface area (Å²) in [6.07, 6.45) is 30.9. The van der Waals surface area contributed by atoms with Gasteiger partial charge in [-0.05, 0) is 59.2 Å². The molecule has 0 rings (SSSR count). The van der Waals surface area contributed by atoms with E-state index in [1.165, 1.54) is 96.3 Å². The zero-order chi connectivity index (χ0) is 31.8. The van der Waals surface area contributed by atoms with Gasteiger partial charge < -0.3 is 14.4 Å². The lowest BCUT2D eigenvalue weighted by Gasteiger charge is -2.21. The largest absolute Gasteiger partial charge is 0.462 e. The summed E-state index contributed by atoms with van der Waals surface area (Å²) in [6, 6.07) is 0. The van der Waals surface area contributed by atoms with Crippen LogP contribution in [0.25, 0.3) is 0 Å². The van der Waals surface area contributed by atoms with E-state index in [0.29, 0.717) is 6.42 Å². The van der Waals surface area contributed by atoms with E-state index < -0.39 is 0 Å². The second-order valence-corrected chi connectivity index (χ2v) is 13.4. The van der Waals surface area contributed by atoms with E-state index >= 15 is 0 Å². The summed E-state index contributed by atoms with van der Waals surface area (Å²) < 4.78 is 11.8. The van der Waals surface area contributed by atoms with Crippen molar-refractivity contribution >= 4 is 11.9 Å². The van der Waals surface area contributed by atoms with Gasteiger partial charge in [-0.2, -0.15) is 0 Å². The molecule has 5 nitrogen and oxygen atoms in total. The van der Waals surface area contributed by atoms with E-state index in [1.54, 1.807) is 0 Å². The molecule has 0 fully saturated rings. The average Bonchev–Trinajstić information content (AvgIpc) is 2.99. The molecule has 0 spiro atoms. The molecule has 0 radical (unpaired) electrons. The van der Waals surface area contributed by atoms with Crippen molar-refractivity contribution in [3.63, 3.8) is 0 Å². The number of carbonyl (C=O) groups is 2. The third-order valence-corrected chi connectivity index (χ3v) is 8.72. The fourth-order valence-electron chi connectivity index (χ4n) is 5.82. The Kier molecular flexibility index (Phi) is 31.5. The highest BCUT2D eigenvalue weighted by Gasteiger charge is 2.22. The number of ether oxygens (including phenoxy) is 2. The maximum atomic E-state index is 13.2. The van der Waals surface area contributed by atoms with Crippen molar-refractivity contribution in [3.05, 3.63) is 0 Å². The maximum Gasteiger partial charge on any atom is 0.309 e. The Balaban J connectivity index is 4.68. The van der Waals surface area contributed by atoms with Crippen LogP contribution >= 0.6 is 0 Å². The van der Waals surface area contributed by atoms with E-state index in [2.05, 4.69) is 39.8 Å². The first-order valence-corrected chi connectivity index (χ1v) is 18.9. The molecular weight excluding hydrogens is 534 g/mol. The molecule has 0 aromatic carbocycles. The molecule has 0 aromatic rings. The lowest BCUT2D eigenvalue weighted by molar-refractivity contribution is -0.162. The summed E-state index contributed by atoms with van der Waals surface area (Å²) in [7, 11) is 4.11. The minimum absolute atomic E-state index is 0.0217. The van der Waals surface area contributed by atoms with E-state index in [9.17, 15) is 9.59 Å². The van der Waals surface area contributed by atoms with Crippen LogP contribution in [0.4, 0.5) is 0 Å². The number of rotatable bonds is 33. The average molecular weight is 610 g/mol. The molecule has 0 aliphatic rings. The minimum atomic E-state index is -0.321. The number of esters is 2. The third-order valence-electron chi connectivity index (χ3n) is 8.72. The lowest BCUT2D eigenvalue weighted by atomic mass is 9.94. The van der Waals surface area contributed by atoms with Crippen molar-refractivity contribution in [2.75, 3.05) is 27.2 Å². The van der Waals surface area contributed by atoms with Crippen LogP contribution in [0.3, 0.4) is 0 Å². The van der Waals surface area contributed by atoms with Gasteiger partial charge in [-0.15, -0.1) is 0 Å². The maximum absolute atomic E-state index is 13.2. The first-order valence-electron chi connectivity index (χ1n) is 18.9. The molecule has 0 aromatic heterocycles. The van der Waals surface area contributed by atoms with Crippen LogP contribution in [0.1, 0.15) is 194 Å². The molecular formula is C38H75NO4. The molecule has 2 atom stereocenters. The first kappa shape index (κ1) is 41.9. The van der Waals surface area contributed by atoms with Crippen LogP contribution < -0.4 is 0 Å². The summed E-state index contributed by atoms with van der Waals surface area (Å²) in [5.74, 6) is -0.245. The van der Waals surface area contributed by atoms with Gasteiger partial charge in [0.25, 0.3) is 0 Å². The molecule has 0 N–H and O–H groups in total. The highest BCUT2D eigenvalue weighted by molar-refractivity contribution is 5.72. The monoisotopic (exact) mass is 610 g/mol. The topological polar surface area (TPSA) is 55.8 Å². The van der Waals surface area contributed by atoms with Gasteiger partial charge in [-0.25, -0.2) is 0 Å². The number of carbonyl (C=O) groups excluding carboxylic acids is 2. The Hall–Kier alpha value is -1.10. The van der Waals surface area contributed by atoms with Crippen molar-refractivity contribution in [2.45, 2.75) is 200 Å². The third kappa shape index (κ3) is 29.4. The van der Waals surface area contributed by atoms with Gasteiger partial charge in [0.2, 0.25) is 0 Å². The highest BCUT2D eigenvalue weighted by atomic mass is 16.6. The van der Waals surface area contributed by atoms with Crippen LogP contribution in [0, 0.1) is 5.92 Å². The van der Waals surface area contributed by atoms with Gasteiger partial charge >= 0.3 is 11.9 Å². The van der Waals surface area contributed by atoms with Gasteiger partial charge in [-0.1, -0.05) is 149 Å². The van der Waals surface area contributed by atoms with Crippen LogP contribution in [-0.4, -0.2) is 50.2 Å². The SMILES string of the molecule is CCCCCCCCCCCCCC(COC(=O)C(CCCCC)CCCCCCCCC)OC(=O)CCCCN(C)C. The molecule has 2 unspecified atom stereocenters. The quantitative estimate of drug-likeness (QED) is 0.0547. The Morgan fingerprint density at radius 2 is 0.953 bits per heavy atom. The van der Waals surface area contributed by atoms with Crippen molar-refractivity contribution in [3.8, 4) is 0 Å². The molecule has 0 amide bonds. The number of hydrogen-bond donors (Lipinski definition) is 0. The van der Waals surface area contributed by atoms with Crippen molar-refractivity contribution in [2.24, 2.45) is 5.92 Å². The Morgan fingerprint density at radius 1 is 0.535 bits per heavy atom. The Morgan fingerprint density at radius 3 is 1.44 bits per heavy atom. The number of nitrogens with zero attached hydrogens (tertiary/aromatic N) is 1. The highest BCUT2D eigenvalue weighted by Crippen LogP contribution is 2.21. The van der Waals surface area contributed by atoms with Crippen LogP contribution in [0.15, 0.2) is 0 Å². The zero-order valence-corrected chi connectivity index (χ0v) is 29.7. The van der Waals surface area contributed by atoms with E-state index in [4.69, 9.17) is 9.47 Å². The Labute approximate surface area is 269 Å². The summed E-state index contributed by atoms with van der Waals surface area (Å²) >= 11 is 0. The smallest absolute Gasteiger partial charge is 0.309 e. The van der Waals surface area contributed by atoms with Crippen molar-refractivity contribution in [1.82, 2.24) is 4.90 Å². The number of unbranched alkanes of at least 4 members (excludes halogenated alkanes) is 19. The lowest BCUT2D eigenvalue weighted by Crippen LogP contribution is -2.28. The minimum Gasteiger partial charge on any atom is -0.462 e. The predicted octanol–water partition coefficient (Wildman–Crippen LogP) is 11.2. The molecule has 5 heteroatoms. The molecule has 0 aliphatic heterocycles.